The Hall–Kier alpha value is -0.750. The molecular formula is C8H15N3. The van der Waals surface area contributed by atoms with Gasteiger partial charge in [-0.3, -0.25) is 0 Å². The van der Waals surface area contributed by atoms with Crippen LogP contribution in [0.25, 0.3) is 0 Å². The van der Waals surface area contributed by atoms with Gasteiger partial charge in [0.15, 0.2) is 6.19 Å². The summed E-state index contributed by atoms with van der Waals surface area (Å²) in [6.45, 7) is 4.01. The summed E-state index contributed by atoms with van der Waals surface area (Å²) in [6.07, 6.45) is 2.19. The van der Waals surface area contributed by atoms with Gasteiger partial charge < -0.3 is 9.80 Å². The van der Waals surface area contributed by atoms with Crippen LogP contribution in [-0.4, -0.2) is 43.0 Å². The van der Waals surface area contributed by atoms with E-state index in [2.05, 4.69) is 32.1 Å². The van der Waals surface area contributed by atoms with Crippen molar-refractivity contribution in [1.82, 2.24) is 9.80 Å². The summed E-state index contributed by atoms with van der Waals surface area (Å²) in [7, 11) is 4.14. The minimum atomic E-state index is 0.551. The van der Waals surface area contributed by atoms with Crippen molar-refractivity contribution < 1.29 is 0 Å². The Morgan fingerprint density at radius 3 is 2.36 bits per heavy atom. The largest absolute Gasteiger partial charge is 0.309 e. The fourth-order valence-corrected chi connectivity index (χ4v) is 1.70. The van der Waals surface area contributed by atoms with E-state index in [0.29, 0.717) is 12.0 Å². The summed E-state index contributed by atoms with van der Waals surface area (Å²) in [5, 5.41) is 8.64. The van der Waals surface area contributed by atoms with Crippen molar-refractivity contribution in [3.63, 3.8) is 0 Å². The molecule has 0 spiro atoms. The molecule has 1 saturated heterocycles. The van der Waals surface area contributed by atoms with Crippen molar-refractivity contribution in [1.29, 1.82) is 5.26 Å². The third kappa shape index (κ3) is 1.63. The van der Waals surface area contributed by atoms with Gasteiger partial charge in [0.25, 0.3) is 0 Å². The van der Waals surface area contributed by atoms with Crippen molar-refractivity contribution >= 4 is 0 Å². The van der Waals surface area contributed by atoms with Crippen LogP contribution in [0, 0.1) is 17.4 Å². The first-order valence-corrected chi connectivity index (χ1v) is 3.96. The van der Waals surface area contributed by atoms with Crippen molar-refractivity contribution in [3.8, 4) is 6.19 Å². The van der Waals surface area contributed by atoms with Gasteiger partial charge in [-0.05, 0) is 20.0 Å². The monoisotopic (exact) mass is 153 g/mol. The Labute approximate surface area is 68.2 Å². The molecule has 2 unspecified atom stereocenters. The van der Waals surface area contributed by atoms with E-state index in [1.807, 2.05) is 4.90 Å². The lowest BCUT2D eigenvalue weighted by molar-refractivity contribution is 0.261. The first-order chi connectivity index (χ1) is 5.15. The number of likely N-dealkylation sites (N-methyl/N-ethyl adjacent to an activating group) is 1. The standard InChI is InChI=1S/C8H15N3/c1-7-4-11(6-9)5-8(7)10(2)3/h7-8H,4-5H2,1-3H3. The van der Waals surface area contributed by atoms with Gasteiger partial charge in [0.2, 0.25) is 0 Å². The Bertz CT molecular complexity index is 171. The maximum absolute atomic E-state index is 8.64. The molecule has 11 heavy (non-hydrogen) atoms. The first kappa shape index (κ1) is 8.35. The van der Waals surface area contributed by atoms with E-state index in [1.54, 1.807) is 0 Å². The minimum Gasteiger partial charge on any atom is -0.309 e. The van der Waals surface area contributed by atoms with Crippen molar-refractivity contribution in [2.24, 2.45) is 5.92 Å². The third-order valence-corrected chi connectivity index (χ3v) is 2.38. The molecule has 0 aromatic rings. The lowest BCUT2D eigenvalue weighted by atomic mass is 10.1. The molecule has 1 rings (SSSR count). The van der Waals surface area contributed by atoms with E-state index in [-0.39, 0.29) is 0 Å². The van der Waals surface area contributed by atoms with E-state index >= 15 is 0 Å². The average Bonchev–Trinajstić information content (AvgIpc) is 2.30. The minimum absolute atomic E-state index is 0.551. The predicted molar refractivity (Wildman–Crippen MR) is 43.8 cm³/mol. The molecular weight excluding hydrogens is 138 g/mol. The van der Waals surface area contributed by atoms with Crippen molar-refractivity contribution in [2.45, 2.75) is 13.0 Å². The number of hydrogen-bond acceptors (Lipinski definition) is 3. The van der Waals surface area contributed by atoms with Crippen LogP contribution < -0.4 is 0 Å². The highest BCUT2D eigenvalue weighted by Crippen LogP contribution is 2.18. The zero-order valence-corrected chi connectivity index (χ0v) is 7.41. The molecule has 3 heteroatoms. The van der Waals surface area contributed by atoms with E-state index in [4.69, 9.17) is 5.26 Å². The fourth-order valence-electron chi connectivity index (χ4n) is 1.70. The lowest BCUT2D eigenvalue weighted by Gasteiger charge is -2.21. The molecule has 3 nitrogen and oxygen atoms in total. The quantitative estimate of drug-likeness (QED) is 0.509. The number of hydrogen-bond donors (Lipinski definition) is 0. The highest BCUT2D eigenvalue weighted by atomic mass is 15.2. The van der Waals surface area contributed by atoms with Gasteiger partial charge in [0.05, 0.1) is 0 Å². The highest BCUT2D eigenvalue weighted by molar-refractivity contribution is 4.91. The molecule has 1 aliphatic heterocycles. The zero-order valence-electron chi connectivity index (χ0n) is 7.41. The molecule has 0 N–H and O–H groups in total. The van der Waals surface area contributed by atoms with Gasteiger partial charge in [-0.2, -0.15) is 5.26 Å². The fraction of sp³-hybridized carbons (Fsp3) is 0.875. The molecule has 0 amide bonds. The zero-order chi connectivity index (χ0) is 8.43. The van der Waals surface area contributed by atoms with Gasteiger partial charge in [-0.1, -0.05) is 6.92 Å². The van der Waals surface area contributed by atoms with Crippen LogP contribution in [0.5, 0.6) is 0 Å². The van der Waals surface area contributed by atoms with E-state index in [9.17, 15) is 0 Å². The van der Waals surface area contributed by atoms with Crippen LogP contribution in [0.4, 0.5) is 0 Å². The summed E-state index contributed by atoms with van der Waals surface area (Å²) in [4.78, 5) is 4.03. The first-order valence-electron chi connectivity index (χ1n) is 3.96. The molecule has 62 valence electrons. The van der Waals surface area contributed by atoms with Crippen LogP contribution >= 0.6 is 0 Å². The van der Waals surface area contributed by atoms with Gasteiger partial charge >= 0.3 is 0 Å². The predicted octanol–water partition coefficient (Wildman–Crippen LogP) is 0.349. The van der Waals surface area contributed by atoms with E-state index in [0.717, 1.165) is 13.1 Å². The Kier molecular flexibility index (Phi) is 2.35. The molecule has 1 aliphatic rings. The molecule has 1 heterocycles. The van der Waals surface area contributed by atoms with Crippen molar-refractivity contribution in [2.75, 3.05) is 27.2 Å². The second kappa shape index (κ2) is 3.10. The van der Waals surface area contributed by atoms with Crippen LogP contribution in [-0.2, 0) is 0 Å². The Morgan fingerprint density at radius 1 is 1.45 bits per heavy atom. The summed E-state index contributed by atoms with van der Waals surface area (Å²) in [6, 6.07) is 0.551. The van der Waals surface area contributed by atoms with Crippen LogP contribution in [0.2, 0.25) is 0 Å². The van der Waals surface area contributed by atoms with Crippen molar-refractivity contribution in [3.05, 3.63) is 0 Å². The highest BCUT2D eigenvalue weighted by Gasteiger charge is 2.30. The second-order valence-electron chi connectivity index (χ2n) is 3.51. The third-order valence-electron chi connectivity index (χ3n) is 2.38. The number of nitriles is 1. The molecule has 0 aliphatic carbocycles. The van der Waals surface area contributed by atoms with Crippen LogP contribution in [0.1, 0.15) is 6.92 Å². The molecule has 0 radical (unpaired) electrons. The normalized spacial score (nSPS) is 31.0. The average molecular weight is 153 g/mol. The summed E-state index contributed by atoms with van der Waals surface area (Å²) in [5.74, 6) is 0.615. The Morgan fingerprint density at radius 2 is 2.09 bits per heavy atom. The molecule has 1 fully saturated rings. The van der Waals surface area contributed by atoms with Gasteiger partial charge in [-0.15, -0.1) is 0 Å². The number of nitrogens with zero attached hydrogens (tertiary/aromatic N) is 3. The molecule has 0 saturated carbocycles. The van der Waals surface area contributed by atoms with Crippen LogP contribution in [0.3, 0.4) is 0 Å². The molecule has 0 aromatic carbocycles. The van der Waals surface area contributed by atoms with E-state index in [1.165, 1.54) is 0 Å². The Balaban J connectivity index is 2.53. The van der Waals surface area contributed by atoms with Gasteiger partial charge in [-0.25, -0.2) is 0 Å². The smallest absolute Gasteiger partial charge is 0.179 e. The summed E-state index contributed by atoms with van der Waals surface area (Å²) in [5.41, 5.74) is 0. The lowest BCUT2D eigenvalue weighted by Crippen LogP contribution is -2.33. The number of rotatable bonds is 1. The van der Waals surface area contributed by atoms with Crippen LogP contribution in [0.15, 0.2) is 0 Å². The molecule has 2 atom stereocenters. The summed E-state index contributed by atoms with van der Waals surface area (Å²) >= 11 is 0. The van der Waals surface area contributed by atoms with E-state index < -0.39 is 0 Å². The molecule has 0 aromatic heterocycles. The maximum atomic E-state index is 8.64. The summed E-state index contributed by atoms with van der Waals surface area (Å²) < 4.78 is 0. The topological polar surface area (TPSA) is 30.3 Å². The van der Waals surface area contributed by atoms with Gasteiger partial charge in [0, 0.05) is 19.1 Å². The number of likely N-dealkylation sites (tertiary alicyclic amines) is 1. The molecule has 0 bridgehead atoms. The van der Waals surface area contributed by atoms with Gasteiger partial charge in [0.1, 0.15) is 0 Å². The SMILES string of the molecule is CC1CN(C#N)CC1N(C)C. The second-order valence-corrected chi connectivity index (χ2v) is 3.51. The maximum Gasteiger partial charge on any atom is 0.179 e.